The zero-order valence-corrected chi connectivity index (χ0v) is 20.1. The predicted octanol–water partition coefficient (Wildman–Crippen LogP) is 6.60. The minimum absolute atomic E-state index is 0. The van der Waals surface area contributed by atoms with Crippen LogP contribution in [0.2, 0.25) is 0 Å². The van der Waals surface area contributed by atoms with Crippen LogP contribution in [-0.4, -0.2) is 0 Å². The summed E-state index contributed by atoms with van der Waals surface area (Å²) in [6.45, 7) is 3.97. The van der Waals surface area contributed by atoms with E-state index < -0.39 is 7.92 Å². The van der Waals surface area contributed by atoms with Crippen LogP contribution in [-0.2, 0) is 6.42 Å². The molecule has 3 aromatic rings. The molecule has 1 aliphatic carbocycles. The molecular formula is C27H30IP. The highest BCUT2D eigenvalue weighted by Gasteiger charge is 2.20. The molecule has 1 aliphatic rings. The van der Waals surface area contributed by atoms with Crippen LogP contribution in [0.3, 0.4) is 0 Å². The Hall–Kier alpha value is -1.44. The maximum atomic E-state index is 3.97. The van der Waals surface area contributed by atoms with Gasteiger partial charge < -0.3 is 0 Å². The Bertz CT molecular complexity index is 826. The van der Waals surface area contributed by atoms with Gasteiger partial charge in [-0.2, -0.15) is 0 Å². The highest BCUT2D eigenvalue weighted by atomic mass is 127. The van der Waals surface area contributed by atoms with Gasteiger partial charge in [-0.05, 0) is 73.3 Å². The Labute approximate surface area is 194 Å². The Morgan fingerprint density at radius 2 is 1.17 bits per heavy atom. The van der Waals surface area contributed by atoms with Gasteiger partial charge in [-0.3, -0.25) is 0 Å². The smallest absolute Gasteiger partial charge is 0.0134 e. The minimum atomic E-state index is -0.497. The van der Waals surface area contributed by atoms with Crippen LogP contribution in [0.25, 0.3) is 0 Å². The van der Waals surface area contributed by atoms with E-state index >= 15 is 0 Å². The van der Waals surface area contributed by atoms with E-state index in [1.54, 1.807) is 0 Å². The Morgan fingerprint density at radius 1 is 0.690 bits per heavy atom. The lowest BCUT2D eigenvalue weighted by atomic mass is 9.79. The molecule has 0 aliphatic heterocycles. The van der Waals surface area contributed by atoms with Crippen molar-refractivity contribution in [2.75, 3.05) is 0 Å². The molecule has 0 bridgehead atoms. The standard InChI is InChI=1S/C27H29P.HI/c1-2-22-13-15-23(16-14-22)21-24-17-19-27(20-18-24)28(25-9-5-3-6-10-25)26-11-7-4-8-12-26;/h2-12,17-20,22-23H,1,13-16,21H2;1H/t22-,23-;. The molecular weight excluding hydrogens is 482 g/mol. The maximum Gasteiger partial charge on any atom is -0.0134 e. The fourth-order valence-electron chi connectivity index (χ4n) is 4.34. The number of halogens is 1. The van der Waals surface area contributed by atoms with Gasteiger partial charge in [0.15, 0.2) is 0 Å². The molecule has 3 aromatic carbocycles. The molecule has 0 atom stereocenters. The first-order valence-electron chi connectivity index (χ1n) is 10.4. The molecule has 1 fully saturated rings. The van der Waals surface area contributed by atoms with Gasteiger partial charge in [0.05, 0.1) is 0 Å². The summed E-state index contributed by atoms with van der Waals surface area (Å²) in [5.41, 5.74) is 1.49. The average Bonchev–Trinajstić information content (AvgIpc) is 2.77. The van der Waals surface area contributed by atoms with E-state index in [2.05, 4.69) is 97.6 Å². The first-order valence-corrected chi connectivity index (χ1v) is 11.8. The number of hydrogen-bond donors (Lipinski definition) is 0. The lowest BCUT2D eigenvalue weighted by molar-refractivity contribution is 0.309. The van der Waals surface area contributed by atoms with Crippen molar-refractivity contribution in [2.45, 2.75) is 32.1 Å². The van der Waals surface area contributed by atoms with Crippen LogP contribution in [0.1, 0.15) is 31.2 Å². The SMILES string of the molecule is C=C[C@H]1CC[C@H](Cc2ccc(P(c3ccccc3)c3ccccc3)cc2)CC1.I. The summed E-state index contributed by atoms with van der Waals surface area (Å²) in [5.74, 6) is 1.59. The molecule has 0 N–H and O–H groups in total. The van der Waals surface area contributed by atoms with E-state index in [0.29, 0.717) is 0 Å². The summed E-state index contributed by atoms with van der Waals surface area (Å²) < 4.78 is 0. The molecule has 0 amide bonds. The minimum Gasteiger partial charge on any atom is -0.107 e. The fraction of sp³-hybridized carbons (Fsp3) is 0.259. The Kier molecular flexibility index (Phi) is 8.51. The normalized spacial score (nSPS) is 18.8. The lowest BCUT2D eigenvalue weighted by Crippen LogP contribution is -2.20. The molecule has 0 nitrogen and oxygen atoms in total. The van der Waals surface area contributed by atoms with E-state index in [0.717, 1.165) is 11.8 Å². The first-order chi connectivity index (χ1) is 13.8. The highest BCUT2D eigenvalue weighted by molar-refractivity contribution is 14.0. The van der Waals surface area contributed by atoms with E-state index in [1.165, 1.54) is 53.6 Å². The van der Waals surface area contributed by atoms with Gasteiger partial charge in [-0.25, -0.2) is 0 Å². The van der Waals surface area contributed by atoms with Crippen LogP contribution >= 0.6 is 31.9 Å². The molecule has 4 rings (SSSR count). The van der Waals surface area contributed by atoms with E-state index in [9.17, 15) is 0 Å². The van der Waals surface area contributed by atoms with Crippen molar-refractivity contribution in [2.24, 2.45) is 11.8 Å². The summed E-state index contributed by atoms with van der Waals surface area (Å²) in [6.07, 6.45) is 8.71. The van der Waals surface area contributed by atoms with Gasteiger partial charge in [-0.1, -0.05) is 91.0 Å². The average molecular weight is 512 g/mol. The second-order valence-corrected chi connectivity index (χ2v) is 10.1. The van der Waals surface area contributed by atoms with Crippen LogP contribution in [0, 0.1) is 11.8 Å². The number of benzene rings is 3. The van der Waals surface area contributed by atoms with Crippen molar-refractivity contribution in [3.63, 3.8) is 0 Å². The molecule has 29 heavy (non-hydrogen) atoms. The molecule has 2 heteroatoms. The molecule has 150 valence electrons. The monoisotopic (exact) mass is 512 g/mol. The third kappa shape index (κ3) is 5.80. The largest absolute Gasteiger partial charge is 0.107 e. The van der Waals surface area contributed by atoms with Gasteiger partial charge in [0.1, 0.15) is 0 Å². The lowest BCUT2D eigenvalue weighted by Gasteiger charge is -2.26. The quantitative estimate of drug-likeness (QED) is 0.199. The molecule has 0 heterocycles. The van der Waals surface area contributed by atoms with Crippen LogP contribution in [0.15, 0.2) is 97.6 Å². The van der Waals surface area contributed by atoms with Crippen molar-refractivity contribution in [3.05, 3.63) is 103 Å². The molecule has 0 aromatic heterocycles. The molecule has 0 saturated heterocycles. The third-order valence-electron chi connectivity index (χ3n) is 5.97. The molecule has 0 spiro atoms. The first kappa shape index (κ1) is 22.2. The van der Waals surface area contributed by atoms with E-state index in [-0.39, 0.29) is 24.0 Å². The van der Waals surface area contributed by atoms with Gasteiger partial charge in [0.25, 0.3) is 0 Å². The van der Waals surface area contributed by atoms with E-state index in [4.69, 9.17) is 0 Å². The van der Waals surface area contributed by atoms with Gasteiger partial charge in [0, 0.05) is 0 Å². The van der Waals surface area contributed by atoms with Crippen molar-refractivity contribution < 1.29 is 0 Å². The number of rotatable bonds is 6. The predicted molar refractivity (Wildman–Crippen MR) is 140 cm³/mol. The third-order valence-corrected chi connectivity index (χ3v) is 8.42. The second-order valence-electron chi connectivity index (χ2n) is 7.89. The van der Waals surface area contributed by atoms with Gasteiger partial charge in [0.2, 0.25) is 0 Å². The maximum absolute atomic E-state index is 3.97. The van der Waals surface area contributed by atoms with Crippen molar-refractivity contribution in [3.8, 4) is 0 Å². The van der Waals surface area contributed by atoms with Crippen molar-refractivity contribution in [1.82, 2.24) is 0 Å². The van der Waals surface area contributed by atoms with Gasteiger partial charge >= 0.3 is 0 Å². The highest BCUT2D eigenvalue weighted by Crippen LogP contribution is 2.34. The summed E-state index contributed by atoms with van der Waals surface area (Å²) >= 11 is 0. The molecule has 1 saturated carbocycles. The second kappa shape index (κ2) is 11.1. The fourth-order valence-corrected chi connectivity index (χ4v) is 6.63. The van der Waals surface area contributed by atoms with Crippen LogP contribution in [0.5, 0.6) is 0 Å². The number of allylic oxidation sites excluding steroid dienone is 1. The summed E-state index contributed by atoms with van der Waals surface area (Å²) in [5, 5.41) is 4.27. The summed E-state index contributed by atoms with van der Waals surface area (Å²) in [4.78, 5) is 0. The molecule has 0 unspecified atom stereocenters. The van der Waals surface area contributed by atoms with Crippen LogP contribution in [0.4, 0.5) is 0 Å². The number of hydrogen-bond acceptors (Lipinski definition) is 0. The summed E-state index contributed by atoms with van der Waals surface area (Å²) in [7, 11) is -0.497. The Morgan fingerprint density at radius 3 is 1.66 bits per heavy atom. The molecule has 0 radical (unpaired) electrons. The zero-order valence-electron chi connectivity index (χ0n) is 16.9. The van der Waals surface area contributed by atoms with Crippen molar-refractivity contribution in [1.29, 1.82) is 0 Å². The summed E-state index contributed by atoms with van der Waals surface area (Å²) in [6, 6.07) is 31.4. The Balaban J connectivity index is 0.00000240. The van der Waals surface area contributed by atoms with E-state index in [1.807, 2.05) is 0 Å². The van der Waals surface area contributed by atoms with Crippen molar-refractivity contribution >= 4 is 47.8 Å². The zero-order chi connectivity index (χ0) is 19.2. The topological polar surface area (TPSA) is 0 Å². The van der Waals surface area contributed by atoms with Crippen LogP contribution < -0.4 is 15.9 Å². The van der Waals surface area contributed by atoms with Gasteiger partial charge in [-0.15, -0.1) is 30.6 Å².